The van der Waals surface area contributed by atoms with Crippen LogP contribution in [0.1, 0.15) is 59.8 Å². The molecule has 1 aliphatic carbocycles. The molecule has 4 aromatic rings. The number of aromatic nitrogens is 2. The highest BCUT2D eigenvalue weighted by atomic mass is 35.5. The van der Waals surface area contributed by atoms with E-state index in [0.29, 0.717) is 34.7 Å². The van der Waals surface area contributed by atoms with E-state index in [1.54, 1.807) is 6.07 Å². The molecule has 1 unspecified atom stereocenters. The van der Waals surface area contributed by atoms with Crippen molar-refractivity contribution < 1.29 is 22.0 Å². The van der Waals surface area contributed by atoms with Gasteiger partial charge in [-0.05, 0) is 85.2 Å². The third-order valence-electron chi connectivity index (χ3n) is 7.76. The Morgan fingerprint density at radius 1 is 1.02 bits per heavy atom. The van der Waals surface area contributed by atoms with Gasteiger partial charge in [-0.2, -0.15) is 13.2 Å². The number of nitrogens with zero attached hydrogens (tertiary/aromatic N) is 2. The van der Waals surface area contributed by atoms with Crippen molar-refractivity contribution in [3.8, 4) is 11.3 Å². The number of pyridine rings is 2. The van der Waals surface area contributed by atoms with Gasteiger partial charge in [0, 0.05) is 29.6 Å². The maximum Gasteiger partial charge on any atom is 0.398 e. The summed E-state index contributed by atoms with van der Waals surface area (Å²) in [7, 11) is 0. The van der Waals surface area contributed by atoms with Crippen molar-refractivity contribution in [1.29, 1.82) is 0 Å². The molecule has 5 rings (SSSR count). The molecule has 0 radical (unpaired) electrons. The fourth-order valence-corrected chi connectivity index (χ4v) is 5.80. The van der Waals surface area contributed by atoms with Gasteiger partial charge in [-0.25, -0.2) is 13.8 Å². The first-order valence-electron chi connectivity index (χ1n) is 13.1. The summed E-state index contributed by atoms with van der Waals surface area (Å²) in [5.41, 5.74) is 3.37. The molecule has 210 valence electrons. The lowest BCUT2D eigenvalue weighted by atomic mass is 9.84. The second-order valence-corrected chi connectivity index (χ2v) is 11.6. The summed E-state index contributed by atoms with van der Waals surface area (Å²) >= 11 is 6.23. The van der Waals surface area contributed by atoms with Crippen molar-refractivity contribution in [3.05, 3.63) is 92.8 Å². The van der Waals surface area contributed by atoms with Crippen LogP contribution in [0.25, 0.3) is 22.2 Å². The van der Waals surface area contributed by atoms with Gasteiger partial charge >= 0.3 is 6.18 Å². The van der Waals surface area contributed by atoms with E-state index in [4.69, 9.17) is 11.6 Å². The van der Waals surface area contributed by atoms with E-state index in [0.717, 1.165) is 22.0 Å². The van der Waals surface area contributed by atoms with E-state index >= 15 is 4.39 Å². The topological polar surface area (TPSA) is 37.8 Å². The van der Waals surface area contributed by atoms with Crippen molar-refractivity contribution in [2.24, 2.45) is 0 Å². The van der Waals surface area contributed by atoms with E-state index in [2.05, 4.69) is 15.3 Å². The molecule has 0 amide bonds. The molecule has 2 aromatic heterocycles. The molecule has 1 atom stereocenters. The number of rotatable bonds is 6. The van der Waals surface area contributed by atoms with Gasteiger partial charge in [0.05, 0.1) is 27.6 Å². The van der Waals surface area contributed by atoms with Crippen LogP contribution in [0.15, 0.2) is 42.5 Å². The number of hydrogen-bond acceptors (Lipinski definition) is 3. The van der Waals surface area contributed by atoms with Gasteiger partial charge in [-0.1, -0.05) is 31.5 Å². The minimum absolute atomic E-state index is 0.123. The van der Waals surface area contributed by atoms with Crippen LogP contribution in [0.4, 0.5) is 22.0 Å². The predicted molar refractivity (Wildman–Crippen MR) is 148 cm³/mol. The molecule has 1 N–H and O–H groups in total. The van der Waals surface area contributed by atoms with Gasteiger partial charge in [-0.15, -0.1) is 0 Å². The van der Waals surface area contributed by atoms with Crippen molar-refractivity contribution in [3.63, 3.8) is 0 Å². The number of benzene rings is 2. The Balaban J connectivity index is 1.51. The van der Waals surface area contributed by atoms with Crippen LogP contribution in [0.3, 0.4) is 0 Å². The van der Waals surface area contributed by atoms with Gasteiger partial charge in [0.2, 0.25) is 0 Å². The van der Waals surface area contributed by atoms with Crippen molar-refractivity contribution in [2.45, 2.75) is 64.6 Å². The lowest BCUT2D eigenvalue weighted by Gasteiger charge is -2.26. The molecule has 0 saturated heterocycles. The standard InChI is InChI=1S/C31H29ClF5N3/c1-16-11-18(12-20-13-24(32)17(2)39-27(16)20)14-38-15-23(31(35,36)37)29-26(34)25-22(9-10-30(25,3)4)28(40-29)19-5-7-21(33)8-6-19/h5-8,11-13,23,38H,9-10,14-15H2,1-4H3. The molecule has 3 nitrogen and oxygen atoms in total. The Kier molecular flexibility index (Phi) is 7.38. The number of nitrogens with one attached hydrogen (secondary N) is 1. The summed E-state index contributed by atoms with van der Waals surface area (Å²) in [6, 6.07) is 10.9. The van der Waals surface area contributed by atoms with Gasteiger partial charge < -0.3 is 5.32 Å². The third-order valence-corrected chi connectivity index (χ3v) is 8.14. The quantitative estimate of drug-likeness (QED) is 0.235. The molecule has 0 bridgehead atoms. The van der Waals surface area contributed by atoms with Crippen LogP contribution >= 0.6 is 11.6 Å². The summed E-state index contributed by atoms with van der Waals surface area (Å²) < 4.78 is 73.0. The Bertz CT molecular complexity index is 1600. The zero-order valence-corrected chi connectivity index (χ0v) is 23.4. The monoisotopic (exact) mass is 573 g/mol. The van der Waals surface area contributed by atoms with Crippen LogP contribution in [0, 0.1) is 25.5 Å². The number of hydrogen-bond donors (Lipinski definition) is 1. The Hall–Kier alpha value is -3.10. The maximum absolute atomic E-state index is 16.0. The van der Waals surface area contributed by atoms with E-state index < -0.39 is 41.4 Å². The van der Waals surface area contributed by atoms with E-state index in [9.17, 15) is 17.6 Å². The SMILES string of the molecule is Cc1nc2c(C)cc(CNCC(c3nc(-c4ccc(F)cc4)c4c(c3F)C(C)(C)CC4)C(F)(F)F)cc2cc1Cl. The third kappa shape index (κ3) is 5.31. The molecule has 0 spiro atoms. The fourth-order valence-electron chi connectivity index (χ4n) is 5.64. The average molecular weight is 574 g/mol. The molecule has 9 heteroatoms. The normalized spacial score (nSPS) is 15.4. The summed E-state index contributed by atoms with van der Waals surface area (Å²) in [5, 5.41) is 4.17. The van der Waals surface area contributed by atoms with Crippen LogP contribution in [0.5, 0.6) is 0 Å². The predicted octanol–water partition coefficient (Wildman–Crippen LogP) is 8.50. The molecular formula is C31H29ClF5N3. The Labute approximate surface area is 234 Å². The highest BCUT2D eigenvalue weighted by molar-refractivity contribution is 6.31. The fraction of sp³-hybridized carbons (Fsp3) is 0.355. The molecule has 0 saturated carbocycles. The molecule has 40 heavy (non-hydrogen) atoms. The molecular weight excluding hydrogens is 545 g/mol. The number of halogens is 6. The molecule has 1 aliphatic rings. The zero-order chi connectivity index (χ0) is 29.0. The highest BCUT2D eigenvalue weighted by Crippen LogP contribution is 2.47. The Morgan fingerprint density at radius 3 is 2.40 bits per heavy atom. The average Bonchev–Trinajstić information content (AvgIpc) is 3.19. The van der Waals surface area contributed by atoms with E-state index in [1.165, 1.54) is 24.3 Å². The molecule has 2 heterocycles. The van der Waals surface area contributed by atoms with Gasteiger partial charge in [0.25, 0.3) is 0 Å². The smallest absolute Gasteiger partial charge is 0.312 e. The second kappa shape index (κ2) is 10.4. The lowest BCUT2D eigenvalue weighted by molar-refractivity contribution is -0.151. The minimum atomic E-state index is -4.76. The van der Waals surface area contributed by atoms with Gasteiger partial charge in [-0.3, -0.25) is 4.98 Å². The van der Waals surface area contributed by atoms with Crippen molar-refractivity contribution >= 4 is 22.5 Å². The van der Waals surface area contributed by atoms with E-state index in [-0.39, 0.29) is 17.8 Å². The first-order valence-corrected chi connectivity index (χ1v) is 13.5. The van der Waals surface area contributed by atoms with Crippen LogP contribution in [-0.2, 0) is 18.4 Å². The van der Waals surface area contributed by atoms with Gasteiger partial charge in [0.1, 0.15) is 17.6 Å². The van der Waals surface area contributed by atoms with Gasteiger partial charge in [0.15, 0.2) is 0 Å². The summed E-state index contributed by atoms with van der Waals surface area (Å²) in [6.07, 6.45) is -3.70. The number of alkyl halides is 3. The number of fused-ring (bicyclic) bond motifs is 2. The van der Waals surface area contributed by atoms with Crippen LogP contribution < -0.4 is 5.32 Å². The summed E-state index contributed by atoms with van der Waals surface area (Å²) in [5.74, 6) is -3.57. The Morgan fingerprint density at radius 2 is 1.73 bits per heavy atom. The van der Waals surface area contributed by atoms with Crippen LogP contribution in [-0.4, -0.2) is 22.7 Å². The first-order chi connectivity index (χ1) is 18.8. The van der Waals surface area contributed by atoms with Crippen molar-refractivity contribution in [1.82, 2.24) is 15.3 Å². The van der Waals surface area contributed by atoms with Crippen LogP contribution in [0.2, 0.25) is 5.02 Å². The summed E-state index contributed by atoms with van der Waals surface area (Å²) in [6.45, 7) is 6.89. The highest BCUT2D eigenvalue weighted by Gasteiger charge is 2.46. The minimum Gasteiger partial charge on any atom is -0.312 e. The van der Waals surface area contributed by atoms with E-state index in [1.807, 2.05) is 39.8 Å². The largest absolute Gasteiger partial charge is 0.398 e. The molecule has 0 fully saturated rings. The second-order valence-electron chi connectivity index (χ2n) is 11.2. The molecule has 0 aliphatic heterocycles. The summed E-state index contributed by atoms with van der Waals surface area (Å²) in [4.78, 5) is 8.81. The molecule has 2 aromatic carbocycles. The maximum atomic E-state index is 16.0. The lowest BCUT2D eigenvalue weighted by Crippen LogP contribution is -2.33. The zero-order valence-electron chi connectivity index (χ0n) is 22.6. The van der Waals surface area contributed by atoms with Crippen molar-refractivity contribution in [2.75, 3.05) is 6.54 Å². The first kappa shape index (κ1) is 28.4. The number of aryl methyl sites for hydroxylation is 2.